The van der Waals surface area contributed by atoms with E-state index in [1.165, 1.54) is 0 Å². The van der Waals surface area contributed by atoms with Crippen LogP contribution >= 0.6 is 0 Å². The molecular formula is C20H30O4. The van der Waals surface area contributed by atoms with Gasteiger partial charge in [0, 0.05) is 25.6 Å². The van der Waals surface area contributed by atoms with Crippen LogP contribution in [0.2, 0.25) is 0 Å². The second-order valence-corrected chi connectivity index (χ2v) is 6.87. The van der Waals surface area contributed by atoms with Crippen molar-refractivity contribution in [2.75, 3.05) is 21.3 Å². The standard InChI is InChI=1S/C20H30O4/c1-16(15-21)10-14-19(11-6-5-7-12-19)18-17(22-2)9-8-13-20(18,23-3)24-4/h6,8-9,11,13,15-16,18H,5,7,10,12,14H2,1-4H3. The van der Waals surface area contributed by atoms with E-state index in [1.54, 1.807) is 21.3 Å². The lowest BCUT2D eigenvalue weighted by Gasteiger charge is -2.49. The maximum Gasteiger partial charge on any atom is 0.198 e. The summed E-state index contributed by atoms with van der Waals surface area (Å²) in [5.74, 6) is -0.0191. The molecule has 2 aliphatic carbocycles. The van der Waals surface area contributed by atoms with Crippen LogP contribution in [0.5, 0.6) is 0 Å². The Labute approximate surface area is 145 Å². The van der Waals surface area contributed by atoms with Gasteiger partial charge in [-0.3, -0.25) is 0 Å². The van der Waals surface area contributed by atoms with Crippen molar-refractivity contribution in [2.45, 2.75) is 44.8 Å². The monoisotopic (exact) mass is 334 g/mol. The van der Waals surface area contributed by atoms with E-state index in [4.69, 9.17) is 14.2 Å². The normalized spacial score (nSPS) is 29.8. The Balaban J connectivity index is 2.46. The SMILES string of the molecule is COC1=CC=CC(OC)(OC)C1C1(CCC(C)C=O)C=CCCC1. The molecule has 0 saturated heterocycles. The van der Waals surface area contributed by atoms with Gasteiger partial charge < -0.3 is 19.0 Å². The van der Waals surface area contributed by atoms with Crippen molar-refractivity contribution in [1.29, 1.82) is 0 Å². The molecule has 3 atom stereocenters. The van der Waals surface area contributed by atoms with Crippen LogP contribution in [0.4, 0.5) is 0 Å². The third-order valence-electron chi connectivity index (χ3n) is 5.48. The highest BCUT2D eigenvalue weighted by atomic mass is 16.7. The third kappa shape index (κ3) is 3.50. The summed E-state index contributed by atoms with van der Waals surface area (Å²) < 4.78 is 17.4. The molecule has 0 radical (unpaired) electrons. The number of carbonyl (C=O) groups excluding carboxylic acids is 1. The Kier molecular flexibility index (Phi) is 6.41. The molecule has 0 fully saturated rings. The molecule has 4 nitrogen and oxygen atoms in total. The second kappa shape index (κ2) is 8.13. The summed E-state index contributed by atoms with van der Waals surface area (Å²) in [6.07, 6.45) is 16.5. The number of ether oxygens (including phenoxy) is 3. The quantitative estimate of drug-likeness (QED) is 0.382. The number of rotatable bonds is 8. The highest BCUT2D eigenvalue weighted by Crippen LogP contribution is 2.53. The molecule has 0 aliphatic heterocycles. The van der Waals surface area contributed by atoms with Crippen LogP contribution in [-0.2, 0) is 19.0 Å². The number of methoxy groups -OCH3 is 3. The average molecular weight is 334 g/mol. The molecule has 0 aromatic heterocycles. The van der Waals surface area contributed by atoms with Gasteiger partial charge in [-0.2, -0.15) is 0 Å². The van der Waals surface area contributed by atoms with E-state index in [-0.39, 0.29) is 17.3 Å². The Bertz CT molecular complexity index is 516. The van der Waals surface area contributed by atoms with Crippen LogP contribution in [0.1, 0.15) is 39.0 Å². The number of carbonyl (C=O) groups is 1. The van der Waals surface area contributed by atoms with E-state index in [0.29, 0.717) is 0 Å². The van der Waals surface area contributed by atoms with E-state index in [2.05, 4.69) is 12.2 Å². The van der Waals surface area contributed by atoms with Crippen molar-refractivity contribution in [3.63, 3.8) is 0 Å². The van der Waals surface area contributed by atoms with Gasteiger partial charge in [0.1, 0.15) is 12.0 Å². The first-order valence-corrected chi connectivity index (χ1v) is 8.74. The van der Waals surface area contributed by atoms with Crippen molar-refractivity contribution < 1.29 is 19.0 Å². The fourth-order valence-electron chi connectivity index (χ4n) is 4.10. The maximum atomic E-state index is 11.1. The molecule has 0 bridgehead atoms. The number of aldehydes is 1. The Morgan fingerprint density at radius 2 is 2.04 bits per heavy atom. The lowest BCUT2D eigenvalue weighted by Crippen LogP contribution is -2.51. The largest absolute Gasteiger partial charge is 0.501 e. The maximum absolute atomic E-state index is 11.1. The lowest BCUT2D eigenvalue weighted by molar-refractivity contribution is -0.225. The van der Waals surface area contributed by atoms with Crippen LogP contribution in [0.25, 0.3) is 0 Å². The third-order valence-corrected chi connectivity index (χ3v) is 5.48. The highest BCUT2D eigenvalue weighted by Gasteiger charge is 2.53. The summed E-state index contributed by atoms with van der Waals surface area (Å²) in [6.45, 7) is 1.97. The number of hydrogen-bond acceptors (Lipinski definition) is 4. The van der Waals surface area contributed by atoms with Crippen LogP contribution in [0.15, 0.2) is 36.1 Å². The molecule has 134 valence electrons. The van der Waals surface area contributed by atoms with Gasteiger partial charge in [-0.15, -0.1) is 0 Å². The minimum Gasteiger partial charge on any atom is -0.501 e. The summed E-state index contributed by atoms with van der Waals surface area (Å²) in [7, 11) is 5.05. The molecule has 3 unspecified atom stereocenters. The Morgan fingerprint density at radius 3 is 2.58 bits per heavy atom. The minimum absolute atomic E-state index is 0.0470. The van der Waals surface area contributed by atoms with Crippen LogP contribution < -0.4 is 0 Å². The molecule has 2 rings (SSSR count). The van der Waals surface area contributed by atoms with E-state index in [9.17, 15) is 4.79 Å². The minimum atomic E-state index is -0.855. The van der Waals surface area contributed by atoms with Crippen molar-refractivity contribution >= 4 is 6.29 Å². The van der Waals surface area contributed by atoms with Gasteiger partial charge in [0.15, 0.2) is 5.79 Å². The first-order valence-electron chi connectivity index (χ1n) is 8.74. The Morgan fingerprint density at radius 1 is 1.29 bits per heavy atom. The molecular weight excluding hydrogens is 304 g/mol. The molecule has 0 saturated carbocycles. The number of hydrogen-bond donors (Lipinski definition) is 0. The summed E-state index contributed by atoms with van der Waals surface area (Å²) in [5.41, 5.74) is -0.145. The molecule has 4 heteroatoms. The summed E-state index contributed by atoms with van der Waals surface area (Å²) in [6, 6.07) is 0. The fourth-order valence-corrected chi connectivity index (χ4v) is 4.10. The van der Waals surface area contributed by atoms with Crippen LogP contribution in [0, 0.1) is 17.3 Å². The van der Waals surface area contributed by atoms with Crippen LogP contribution in [0.3, 0.4) is 0 Å². The van der Waals surface area contributed by atoms with Crippen molar-refractivity contribution in [1.82, 2.24) is 0 Å². The van der Waals surface area contributed by atoms with E-state index in [0.717, 1.165) is 44.1 Å². The van der Waals surface area contributed by atoms with E-state index < -0.39 is 5.79 Å². The molecule has 0 spiro atoms. The summed E-state index contributed by atoms with van der Waals surface area (Å²) in [5, 5.41) is 0. The van der Waals surface area contributed by atoms with Crippen molar-refractivity contribution in [3.05, 3.63) is 36.1 Å². The number of allylic oxidation sites excluding steroid dienone is 4. The van der Waals surface area contributed by atoms with E-state index >= 15 is 0 Å². The zero-order valence-corrected chi connectivity index (χ0v) is 15.3. The van der Waals surface area contributed by atoms with Gasteiger partial charge in [0.05, 0.1) is 13.0 Å². The van der Waals surface area contributed by atoms with Gasteiger partial charge in [-0.1, -0.05) is 25.2 Å². The zero-order chi connectivity index (χ0) is 17.6. The van der Waals surface area contributed by atoms with Gasteiger partial charge in [-0.25, -0.2) is 0 Å². The zero-order valence-electron chi connectivity index (χ0n) is 15.3. The molecule has 0 aromatic rings. The predicted molar refractivity (Wildman–Crippen MR) is 94.4 cm³/mol. The predicted octanol–water partition coefficient (Wildman–Crippen LogP) is 4.03. The smallest absolute Gasteiger partial charge is 0.198 e. The molecule has 24 heavy (non-hydrogen) atoms. The van der Waals surface area contributed by atoms with E-state index in [1.807, 2.05) is 25.2 Å². The Hall–Kier alpha value is -1.39. The summed E-state index contributed by atoms with van der Waals surface area (Å²) in [4.78, 5) is 11.1. The summed E-state index contributed by atoms with van der Waals surface area (Å²) >= 11 is 0. The topological polar surface area (TPSA) is 44.8 Å². The second-order valence-electron chi connectivity index (χ2n) is 6.87. The van der Waals surface area contributed by atoms with Gasteiger partial charge in [0.2, 0.25) is 0 Å². The molecule has 0 N–H and O–H groups in total. The lowest BCUT2D eigenvalue weighted by atomic mass is 9.61. The van der Waals surface area contributed by atoms with Gasteiger partial charge >= 0.3 is 0 Å². The highest BCUT2D eigenvalue weighted by molar-refractivity contribution is 5.52. The molecule has 0 amide bonds. The first-order chi connectivity index (χ1) is 11.6. The molecule has 0 aromatic carbocycles. The van der Waals surface area contributed by atoms with Crippen molar-refractivity contribution in [2.24, 2.45) is 17.3 Å². The average Bonchev–Trinajstić information content (AvgIpc) is 2.65. The van der Waals surface area contributed by atoms with Crippen LogP contribution in [-0.4, -0.2) is 33.4 Å². The molecule has 0 heterocycles. The molecule has 2 aliphatic rings. The van der Waals surface area contributed by atoms with Gasteiger partial charge in [0.25, 0.3) is 0 Å². The first kappa shape index (κ1) is 18.9. The fraction of sp³-hybridized carbons (Fsp3) is 0.650. The van der Waals surface area contributed by atoms with Gasteiger partial charge in [-0.05, 0) is 44.3 Å². The van der Waals surface area contributed by atoms with Crippen molar-refractivity contribution in [3.8, 4) is 0 Å².